The Balaban J connectivity index is 0. The molecule has 0 radical (unpaired) electrons. The van der Waals surface area contributed by atoms with Gasteiger partial charge in [0.15, 0.2) is 0 Å². The molecule has 0 aliphatic carbocycles. The molecule has 0 bridgehead atoms. The van der Waals surface area contributed by atoms with Crippen molar-refractivity contribution in [3.63, 3.8) is 0 Å². The minimum Gasteiger partial charge on any atom is -0.748 e. The first-order valence-electron chi connectivity index (χ1n) is 7.58. The van der Waals surface area contributed by atoms with Crippen LogP contribution in [-0.4, -0.2) is 29.9 Å². The molecule has 1 N–H and O–H groups in total. The van der Waals surface area contributed by atoms with Gasteiger partial charge < -0.3 is 9.66 Å². The first-order chi connectivity index (χ1) is 9.02. The fourth-order valence-electron chi connectivity index (χ4n) is 2.25. The molecule has 1 unspecified atom stereocenters. The van der Waals surface area contributed by atoms with Gasteiger partial charge in [0.25, 0.3) is 0 Å². The minimum absolute atomic E-state index is 0. The Hall–Kier alpha value is 0.870. The van der Waals surface area contributed by atoms with Crippen LogP contribution in [0.15, 0.2) is 0 Å². The van der Waals surface area contributed by atoms with Crippen molar-refractivity contribution in [2.45, 2.75) is 82.8 Å². The molecule has 0 fully saturated rings. The molecule has 0 aromatic heterocycles. The van der Waals surface area contributed by atoms with Crippen molar-refractivity contribution in [2.24, 2.45) is 0 Å². The molecule has 4 nitrogen and oxygen atoms in total. The van der Waals surface area contributed by atoms with Gasteiger partial charge in [-0.05, 0) is 19.3 Å². The largest absolute Gasteiger partial charge is 1.00 e. The number of rotatable bonds is 13. The number of aliphatic hydroxyl groups is 1. The molecule has 0 heterocycles. The first kappa shape index (κ1) is 23.1. The summed E-state index contributed by atoms with van der Waals surface area (Å²) in [6.07, 6.45) is 9.68. The van der Waals surface area contributed by atoms with E-state index in [4.69, 9.17) is 5.11 Å². The molecule has 0 aromatic rings. The molecule has 1 atom stereocenters. The second-order valence-electron chi connectivity index (χ2n) is 5.24. The summed E-state index contributed by atoms with van der Waals surface area (Å²) < 4.78 is 33.4. The van der Waals surface area contributed by atoms with Crippen molar-refractivity contribution < 1.29 is 47.6 Å². The standard InChI is InChI=1S/C14H30O4S.Na/c1-2-3-8-11-14(19(16,17)18)12-9-6-4-5-7-10-13-15;/h14-15H,2-13H2,1H3,(H,16,17,18);/q;+1/p-1. The quantitative estimate of drug-likeness (QED) is 0.299. The summed E-state index contributed by atoms with van der Waals surface area (Å²) in [6, 6.07) is 0. The van der Waals surface area contributed by atoms with E-state index in [9.17, 15) is 13.0 Å². The Bertz CT molecular complexity index is 294. The Labute approximate surface area is 146 Å². The molecular formula is C14H29NaO4S. The van der Waals surface area contributed by atoms with E-state index in [2.05, 4.69) is 6.92 Å². The normalized spacial score (nSPS) is 12.9. The van der Waals surface area contributed by atoms with Crippen molar-refractivity contribution in [1.82, 2.24) is 0 Å². The van der Waals surface area contributed by atoms with Crippen molar-refractivity contribution in [1.29, 1.82) is 0 Å². The first-order valence-corrected chi connectivity index (χ1v) is 9.05. The van der Waals surface area contributed by atoms with Gasteiger partial charge >= 0.3 is 29.6 Å². The zero-order chi connectivity index (χ0) is 14.6. The van der Waals surface area contributed by atoms with Gasteiger partial charge in [-0.25, -0.2) is 8.42 Å². The van der Waals surface area contributed by atoms with E-state index in [1.54, 1.807) is 0 Å². The molecule has 0 amide bonds. The van der Waals surface area contributed by atoms with Gasteiger partial charge in [0.05, 0.1) is 10.1 Å². The maximum Gasteiger partial charge on any atom is 1.00 e. The van der Waals surface area contributed by atoms with Gasteiger partial charge in [0.1, 0.15) is 0 Å². The average molecular weight is 316 g/mol. The van der Waals surface area contributed by atoms with E-state index in [1.807, 2.05) is 0 Å². The Morgan fingerprint density at radius 3 is 1.80 bits per heavy atom. The van der Waals surface area contributed by atoms with E-state index in [1.165, 1.54) is 0 Å². The van der Waals surface area contributed by atoms with Crippen LogP contribution in [0.5, 0.6) is 0 Å². The molecule has 6 heteroatoms. The average Bonchev–Trinajstić information content (AvgIpc) is 2.34. The zero-order valence-electron chi connectivity index (χ0n) is 13.1. The summed E-state index contributed by atoms with van der Waals surface area (Å²) in [5.41, 5.74) is 0. The monoisotopic (exact) mass is 316 g/mol. The third-order valence-corrected chi connectivity index (χ3v) is 4.76. The van der Waals surface area contributed by atoms with Crippen LogP contribution >= 0.6 is 0 Å². The number of hydrogen-bond acceptors (Lipinski definition) is 4. The molecule has 0 aliphatic rings. The van der Waals surface area contributed by atoms with Crippen LogP contribution in [0, 0.1) is 0 Å². The van der Waals surface area contributed by atoms with E-state index in [0.29, 0.717) is 12.8 Å². The van der Waals surface area contributed by atoms with Gasteiger partial charge in [0, 0.05) is 11.9 Å². The number of unbranched alkanes of at least 4 members (excludes halogenated alkanes) is 7. The second kappa shape index (κ2) is 14.8. The SMILES string of the molecule is CCCCCC(CCCCCCCCO)S(=O)(=O)[O-].[Na+]. The van der Waals surface area contributed by atoms with Gasteiger partial charge in [-0.2, -0.15) is 0 Å². The predicted molar refractivity (Wildman–Crippen MR) is 77.0 cm³/mol. The van der Waals surface area contributed by atoms with E-state index in [0.717, 1.165) is 57.8 Å². The Morgan fingerprint density at radius 2 is 1.35 bits per heavy atom. The fourth-order valence-corrected chi connectivity index (χ4v) is 3.16. The molecule has 116 valence electrons. The third kappa shape index (κ3) is 13.8. The summed E-state index contributed by atoms with van der Waals surface area (Å²) in [6.45, 7) is 2.31. The van der Waals surface area contributed by atoms with Crippen molar-refractivity contribution in [3.8, 4) is 0 Å². The van der Waals surface area contributed by atoms with Crippen molar-refractivity contribution in [3.05, 3.63) is 0 Å². The van der Waals surface area contributed by atoms with Crippen molar-refractivity contribution >= 4 is 10.1 Å². The van der Waals surface area contributed by atoms with Crippen LogP contribution in [0.4, 0.5) is 0 Å². The summed E-state index contributed by atoms with van der Waals surface area (Å²) >= 11 is 0. The molecule has 0 rings (SSSR count). The van der Waals surface area contributed by atoms with Gasteiger partial charge in [-0.3, -0.25) is 0 Å². The van der Waals surface area contributed by atoms with Crippen molar-refractivity contribution in [2.75, 3.05) is 6.61 Å². The minimum atomic E-state index is -4.13. The van der Waals surface area contributed by atoms with Crippen LogP contribution < -0.4 is 29.6 Å². The van der Waals surface area contributed by atoms with Crippen LogP contribution in [0.2, 0.25) is 0 Å². The topological polar surface area (TPSA) is 77.4 Å². The molecule has 0 spiro atoms. The van der Waals surface area contributed by atoms with Gasteiger partial charge in [-0.1, -0.05) is 58.3 Å². The molecule has 20 heavy (non-hydrogen) atoms. The number of hydrogen-bond donors (Lipinski definition) is 1. The summed E-state index contributed by atoms with van der Waals surface area (Å²) in [4.78, 5) is 0. The fraction of sp³-hybridized carbons (Fsp3) is 1.00. The molecule has 0 aromatic carbocycles. The maximum atomic E-state index is 11.1. The Morgan fingerprint density at radius 1 is 0.900 bits per heavy atom. The van der Waals surface area contributed by atoms with E-state index < -0.39 is 15.4 Å². The smallest absolute Gasteiger partial charge is 0.748 e. The zero-order valence-corrected chi connectivity index (χ0v) is 16.0. The maximum absolute atomic E-state index is 11.1. The summed E-state index contributed by atoms with van der Waals surface area (Å²) in [5.74, 6) is 0. The summed E-state index contributed by atoms with van der Waals surface area (Å²) in [7, 11) is -4.13. The number of aliphatic hydroxyl groups excluding tert-OH is 1. The molecular weight excluding hydrogens is 287 g/mol. The van der Waals surface area contributed by atoms with Crippen LogP contribution in [0.25, 0.3) is 0 Å². The molecule has 0 aliphatic heterocycles. The Kier molecular flexibility index (Phi) is 17.1. The van der Waals surface area contributed by atoms with Crippen LogP contribution in [-0.2, 0) is 10.1 Å². The predicted octanol–water partition coefficient (Wildman–Crippen LogP) is 0.208. The second-order valence-corrected chi connectivity index (χ2v) is 6.90. The summed E-state index contributed by atoms with van der Waals surface area (Å²) in [5, 5.41) is 7.95. The van der Waals surface area contributed by atoms with E-state index >= 15 is 0 Å². The van der Waals surface area contributed by atoms with E-state index in [-0.39, 0.29) is 36.2 Å². The van der Waals surface area contributed by atoms with Gasteiger partial charge in [0.2, 0.25) is 0 Å². The molecule has 0 saturated heterocycles. The third-order valence-electron chi connectivity index (χ3n) is 3.47. The van der Waals surface area contributed by atoms with Gasteiger partial charge in [-0.15, -0.1) is 0 Å². The molecule has 0 saturated carbocycles. The van der Waals surface area contributed by atoms with Crippen LogP contribution in [0.1, 0.15) is 77.6 Å². The van der Waals surface area contributed by atoms with Crippen LogP contribution in [0.3, 0.4) is 0 Å².